The van der Waals surface area contributed by atoms with E-state index in [4.69, 9.17) is 14.2 Å². The predicted molar refractivity (Wildman–Crippen MR) is 135 cm³/mol. The second kappa shape index (κ2) is 12.7. The van der Waals surface area contributed by atoms with E-state index >= 15 is 0 Å². The quantitative estimate of drug-likeness (QED) is 0.273. The second-order valence-electron chi connectivity index (χ2n) is 8.41. The van der Waals surface area contributed by atoms with Gasteiger partial charge in [-0.25, -0.2) is 9.78 Å². The Morgan fingerprint density at radius 1 is 1.17 bits per heavy atom. The Morgan fingerprint density at radius 2 is 1.89 bits per heavy atom. The van der Waals surface area contributed by atoms with Crippen LogP contribution in [0.2, 0.25) is 0 Å². The highest BCUT2D eigenvalue weighted by Crippen LogP contribution is 2.42. The number of aromatic nitrogens is 3. The van der Waals surface area contributed by atoms with Crippen LogP contribution < -0.4 is 5.32 Å². The molecule has 0 spiro atoms. The molecule has 2 aromatic carbocycles. The van der Waals surface area contributed by atoms with Gasteiger partial charge >= 0.3 is 6.09 Å². The minimum Gasteiger partial charge on any atom is -0.445 e. The molecule has 2 heterocycles. The highest BCUT2D eigenvalue weighted by Gasteiger charge is 2.38. The summed E-state index contributed by atoms with van der Waals surface area (Å²) in [6, 6.07) is 15.6. The minimum atomic E-state index is -0.566. The lowest BCUT2D eigenvalue weighted by molar-refractivity contribution is -0.268. The maximum absolute atomic E-state index is 11.7. The first-order chi connectivity index (χ1) is 17.6. The average molecular weight is 511 g/mol. The Morgan fingerprint density at radius 3 is 2.56 bits per heavy atom. The number of aliphatic hydroxyl groups excluding tert-OH is 1. The fourth-order valence-corrected chi connectivity index (χ4v) is 4.83. The number of nitrogens with zero attached hydrogens (tertiary/aromatic N) is 2. The predicted octanol–water partition coefficient (Wildman–Crippen LogP) is 4.29. The number of hydrogen-bond donors (Lipinski definition) is 3. The molecular weight excluding hydrogens is 480 g/mol. The Labute approximate surface area is 214 Å². The lowest BCUT2D eigenvalue weighted by Gasteiger charge is -2.41. The molecule has 3 aromatic rings. The van der Waals surface area contributed by atoms with Crippen molar-refractivity contribution in [2.75, 3.05) is 12.4 Å². The standard InChI is InChI=1S/C26H30N4O5S/c1-3-12-33-26(32)27-13-18-4-10-21(11-5-18)24-34-22(15-36-25-28-16-29-30-25)17(2)23(35-24)20-8-6-19(14-31)7-9-20/h3-11,16-17,22-24,31H,1,12-15H2,2H3,(H,27,32)(H,28,29,30)/t17-,22+,23+,24+/m0/s1. The third-order valence-electron chi connectivity index (χ3n) is 5.92. The summed E-state index contributed by atoms with van der Waals surface area (Å²) in [5.41, 5.74) is 3.69. The SMILES string of the molecule is C=CCOC(=O)NCc1ccc([C@@H]2O[C@H](CSc3ncn[nH]3)[C@H](C)[C@H](c3ccc(CO)cc3)O2)cc1. The number of carbonyl (C=O) groups is 1. The molecule has 1 aliphatic heterocycles. The van der Waals surface area contributed by atoms with Gasteiger partial charge in [0.05, 0.1) is 18.8 Å². The molecule has 0 radical (unpaired) electrons. The first-order valence-electron chi connectivity index (χ1n) is 11.7. The van der Waals surface area contributed by atoms with Crippen molar-refractivity contribution in [3.63, 3.8) is 0 Å². The second-order valence-corrected chi connectivity index (χ2v) is 9.41. The Kier molecular flexibility index (Phi) is 9.12. The van der Waals surface area contributed by atoms with E-state index < -0.39 is 12.4 Å². The number of aliphatic hydroxyl groups is 1. The summed E-state index contributed by atoms with van der Waals surface area (Å²) in [4.78, 5) is 15.9. The Hall–Kier alpha value is -3.18. The van der Waals surface area contributed by atoms with Crippen LogP contribution in [0.1, 0.15) is 41.6 Å². The van der Waals surface area contributed by atoms with Gasteiger partial charge in [-0.1, -0.05) is 79.9 Å². The zero-order valence-corrected chi connectivity index (χ0v) is 20.8. The fraction of sp³-hybridized carbons (Fsp3) is 0.346. The molecule has 9 nitrogen and oxygen atoms in total. The summed E-state index contributed by atoms with van der Waals surface area (Å²) in [6.07, 6.45) is 1.64. The zero-order valence-electron chi connectivity index (χ0n) is 20.0. The molecular formula is C26H30N4O5S. The topological polar surface area (TPSA) is 119 Å². The van der Waals surface area contributed by atoms with Crippen molar-refractivity contribution in [3.05, 3.63) is 89.8 Å². The van der Waals surface area contributed by atoms with Crippen LogP contribution in [0.5, 0.6) is 0 Å². The van der Waals surface area contributed by atoms with Crippen LogP contribution in [-0.2, 0) is 27.4 Å². The normalized spacial score (nSPS) is 21.6. The molecule has 1 saturated heterocycles. The molecule has 0 aliphatic carbocycles. The molecule has 10 heteroatoms. The molecule has 0 unspecified atom stereocenters. The van der Waals surface area contributed by atoms with Gasteiger partial charge in [-0.3, -0.25) is 5.10 Å². The van der Waals surface area contributed by atoms with Crippen molar-refractivity contribution in [1.82, 2.24) is 20.5 Å². The van der Waals surface area contributed by atoms with Gasteiger partial charge in [0.1, 0.15) is 12.9 Å². The number of amides is 1. The molecule has 0 bridgehead atoms. The molecule has 1 aliphatic rings. The van der Waals surface area contributed by atoms with Crippen molar-refractivity contribution < 1.29 is 24.1 Å². The fourth-order valence-electron chi connectivity index (χ4n) is 3.89. The number of benzene rings is 2. The lowest BCUT2D eigenvalue weighted by Crippen LogP contribution is -2.38. The van der Waals surface area contributed by atoms with E-state index in [1.165, 1.54) is 12.4 Å². The molecule has 36 heavy (non-hydrogen) atoms. The molecule has 1 amide bonds. The zero-order chi connectivity index (χ0) is 25.3. The summed E-state index contributed by atoms with van der Waals surface area (Å²) >= 11 is 1.55. The van der Waals surface area contributed by atoms with E-state index in [0.717, 1.165) is 27.4 Å². The monoisotopic (exact) mass is 510 g/mol. The molecule has 4 atom stereocenters. The van der Waals surface area contributed by atoms with E-state index in [2.05, 4.69) is 34.0 Å². The van der Waals surface area contributed by atoms with E-state index in [-0.39, 0.29) is 31.3 Å². The highest BCUT2D eigenvalue weighted by molar-refractivity contribution is 7.99. The van der Waals surface area contributed by atoms with E-state index in [0.29, 0.717) is 12.3 Å². The first kappa shape index (κ1) is 25.9. The van der Waals surface area contributed by atoms with Crippen LogP contribution in [0.15, 0.2) is 72.7 Å². The van der Waals surface area contributed by atoms with Gasteiger partial charge in [-0.2, -0.15) is 5.10 Å². The first-order valence-corrected chi connectivity index (χ1v) is 12.6. The Bertz CT molecular complexity index is 1110. The number of hydrogen-bond acceptors (Lipinski definition) is 8. The average Bonchev–Trinajstić information content (AvgIpc) is 3.44. The van der Waals surface area contributed by atoms with Crippen molar-refractivity contribution >= 4 is 17.9 Å². The van der Waals surface area contributed by atoms with Crippen molar-refractivity contribution in [1.29, 1.82) is 0 Å². The maximum atomic E-state index is 11.7. The van der Waals surface area contributed by atoms with Crippen LogP contribution in [0.3, 0.4) is 0 Å². The molecule has 4 rings (SSSR count). The maximum Gasteiger partial charge on any atom is 0.407 e. The van der Waals surface area contributed by atoms with Gasteiger partial charge in [0, 0.05) is 23.8 Å². The van der Waals surface area contributed by atoms with Gasteiger partial charge in [0.2, 0.25) is 0 Å². The van der Waals surface area contributed by atoms with Gasteiger partial charge in [-0.05, 0) is 16.7 Å². The van der Waals surface area contributed by atoms with E-state index in [1.807, 2.05) is 48.5 Å². The summed E-state index contributed by atoms with van der Waals surface area (Å²) in [6.45, 7) is 6.15. The van der Waals surface area contributed by atoms with E-state index in [9.17, 15) is 9.90 Å². The van der Waals surface area contributed by atoms with Crippen LogP contribution in [0.25, 0.3) is 0 Å². The number of aromatic amines is 1. The van der Waals surface area contributed by atoms with Crippen LogP contribution in [0, 0.1) is 5.92 Å². The number of nitrogens with one attached hydrogen (secondary N) is 2. The summed E-state index contributed by atoms with van der Waals surface area (Å²) in [5, 5.41) is 19.6. The minimum absolute atomic E-state index is 0.00325. The van der Waals surface area contributed by atoms with Crippen LogP contribution in [0.4, 0.5) is 4.79 Å². The number of carbonyl (C=O) groups excluding carboxylic acids is 1. The lowest BCUT2D eigenvalue weighted by atomic mass is 9.91. The summed E-state index contributed by atoms with van der Waals surface area (Å²) in [5.74, 6) is 0.748. The smallest absolute Gasteiger partial charge is 0.407 e. The van der Waals surface area contributed by atoms with Crippen LogP contribution in [-0.4, -0.2) is 44.8 Å². The number of rotatable bonds is 10. The summed E-state index contributed by atoms with van der Waals surface area (Å²) < 4.78 is 17.8. The van der Waals surface area contributed by atoms with Crippen molar-refractivity contribution in [3.8, 4) is 0 Å². The van der Waals surface area contributed by atoms with Gasteiger partial charge in [0.25, 0.3) is 0 Å². The number of thioether (sulfide) groups is 1. The number of H-pyrrole nitrogens is 1. The third kappa shape index (κ3) is 6.73. The van der Waals surface area contributed by atoms with Crippen LogP contribution >= 0.6 is 11.8 Å². The van der Waals surface area contributed by atoms with Crippen molar-refractivity contribution in [2.45, 2.75) is 43.7 Å². The van der Waals surface area contributed by atoms with Crippen molar-refractivity contribution in [2.24, 2.45) is 5.92 Å². The van der Waals surface area contributed by atoms with Gasteiger partial charge in [-0.15, -0.1) is 0 Å². The number of ether oxygens (including phenoxy) is 3. The van der Waals surface area contributed by atoms with Gasteiger partial charge < -0.3 is 24.6 Å². The Balaban J connectivity index is 1.48. The molecule has 1 fully saturated rings. The number of alkyl carbamates (subject to hydrolysis) is 1. The van der Waals surface area contributed by atoms with E-state index in [1.54, 1.807) is 11.8 Å². The van der Waals surface area contributed by atoms with Gasteiger partial charge in [0.15, 0.2) is 11.4 Å². The summed E-state index contributed by atoms with van der Waals surface area (Å²) in [7, 11) is 0. The highest BCUT2D eigenvalue weighted by atomic mass is 32.2. The third-order valence-corrected chi connectivity index (χ3v) is 6.89. The molecule has 3 N–H and O–H groups in total. The largest absolute Gasteiger partial charge is 0.445 e. The molecule has 0 saturated carbocycles. The molecule has 1 aromatic heterocycles. The molecule has 190 valence electrons.